The molecule has 7 heteroatoms. The van der Waals surface area contributed by atoms with Crippen LogP contribution in [-0.2, 0) is 21.2 Å². The van der Waals surface area contributed by atoms with Gasteiger partial charge in [0.25, 0.3) is 0 Å². The molecule has 1 unspecified atom stereocenters. The summed E-state index contributed by atoms with van der Waals surface area (Å²) in [6, 6.07) is 13.8. The van der Waals surface area contributed by atoms with Crippen molar-refractivity contribution in [3.8, 4) is 0 Å². The fourth-order valence-corrected chi connectivity index (χ4v) is 3.84. The summed E-state index contributed by atoms with van der Waals surface area (Å²) in [6.45, 7) is 2.30. The van der Waals surface area contributed by atoms with Gasteiger partial charge in [-0.05, 0) is 49.8 Å². The molecular weight excluding hydrogens is 364 g/mol. The number of esters is 1. The number of rotatable bonds is 8. The number of nitrogens with zero attached hydrogens (tertiary/aromatic N) is 1. The molecule has 1 N–H and O–H groups in total. The largest absolute Gasteiger partial charge is 0.465 e. The molecule has 0 saturated heterocycles. The zero-order valence-corrected chi connectivity index (χ0v) is 16.9. The van der Waals surface area contributed by atoms with Crippen molar-refractivity contribution in [2.75, 3.05) is 27.7 Å². The predicted octanol–water partition coefficient (Wildman–Crippen LogP) is 2.62. The van der Waals surface area contributed by atoms with Crippen molar-refractivity contribution in [3.05, 3.63) is 65.2 Å². The van der Waals surface area contributed by atoms with Gasteiger partial charge in [0, 0.05) is 12.6 Å². The van der Waals surface area contributed by atoms with Crippen LogP contribution in [0, 0.1) is 0 Å². The van der Waals surface area contributed by atoms with Gasteiger partial charge < -0.3 is 9.64 Å². The number of sulfonamides is 1. The van der Waals surface area contributed by atoms with Crippen LogP contribution in [0.15, 0.2) is 53.4 Å². The first kappa shape index (κ1) is 21.1. The molecule has 6 nitrogen and oxygen atoms in total. The number of carbonyl (C=O) groups excluding carboxylic acids is 1. The second-order valence-electron chi connectivity index (χ2n) is 6.45. The number of hydrogen-bond donors (Lipinski definition) is 1. The van der Waals surface area contributed by atoms with Crippen molar-refractivity contribution in [2.24, 2.45) is 0 Å². The van der Waals surface area contributed by atoms with E-state index in [4.69, 9.17) is 0 Å². The lowest BCUT2D eigenvalue weighted by Crippen LogP contribution is -2.34. The first-order valence-corrected chi connectivity index (χ1v) is 10.2. The molecular formula is C20H26N2O4S. The van der Waals surface area contributed by atoms with E-state index < -0.39 is 16.0 Å². The molecule has 0 radical (unpaired) electrons. The van der Waals surface area contributed by atoms with Gasteiger partial charge in [0.2, 0.25) is 10.0 Å². The van der Waals surface area contributed by atoms with E-state index in [1.807, 2.05) is 31.1 Å². The second-order valence-corrected chi connectivity index (χ2v) is 8.21. The molecule has 2 aromatic rings. The third kappa shape index (κ3) is 5.38. The molecule has 0 amide bonds. The standard InChI is InChI=1S/C20H26N2O4S/c1-5-15-9-11-16(12-10-15)19(22(2)3)14-21-27(24,25)18-8-6-7-17(13-18)20(23)26-4/h6-13,19,21H,5,14H2,1-4H3. The summed E-state index contributed by atoms with van der Waals surface area (Å²) in [5.41, 5.74) is 2.46. The van der Waals surface area contributed by atoms with Crippen LogP contribution in [0.4, 0.5) is 0 Å². The Kier molecular flexibility index (Phi) is 7.12. The Morgan fingerprint density at radius 2 is 1.81 bits per heavy atom. The van der Waals surface area contributed by atoms with Gasteiger partial charge in [-0.3, -0.25) is 0 Å². The van der Waals surface area contributed by atoms with E-state index in [0.717, 1.165) is 12.0 Å². The Labute approximate surface area is 161 Å². The Balaban J connectivity index is 2.19. The van der Waals surface area contributed by atoms with Crippen LogP contribution in [0.3, 0.4) is 0 Å². The van der Waals surface area contributed by atoms with Crippen LogP contribution in [0.2, 0.25) is 0 Å². The van der Waals surface area contributed by atoms with Crippen LogP contribution in [-0.4, -0.2) is 47.0 Å². The molecule has 0 saturated carbocycles. The number of nitrogens with one attached hydrogen (secondary N) is 1. The Bertz CT molecular complexity index is 877. The molecule has 0 spiro atoms. The number of hydrogen-bond acceptors (Lipinski definition) is 5. The van der Waals surface area contributed by atoms with Crippen LogP contribution >= 0.6 is 0 Å². The molecule has 2 aromatic carbocycles. The van der Waals surface area contributed by atoms with Crippen LogP contribution < -0.4 is 4.72 Å². The number of ether oxygens (including phenoxy) is 1. The van der Waals surface area contributed by atoms with Gasteiger partial charge >= 0.3 is 5.97 Å². The van der Waals surface area contributed by atoms with Gasteiger partial charge in [-0.25, -0.2) is 17.9 Å². The third-order valence-electron chi connectivity index (χ3n) is 4.43. The zero-order valence-electron chi connectivity index (χ0n) is 16.1. The summed E-state index contributed by atoms with van der Waals surface area (Å²) in [7, 11) is 1.31. The van der Waals surface area contributed by atoms with Crippen molar-refractivity contribution in [3.63, 3.8) is 0 Å². The van der Waals surface area contributed by atoms with Gasteiger partial charge in [0.1, 0.15) is 0 Å². The van der Waals surface area contributed by atoms with Gasteiger partial charge in [0.05, 0.1) is 17.6 Å². The second kappa shape index (κ2) is 9.12. The lowest BCUT2D eigenvalue weighted by molar-refractivity contribution is 0.0600. The van der Waals surface area contributed by atoms with Gasteiger partial charge in [-0.15, -0.1) is 0 Å². The summed E-state index contributed by atoms with van der Waals surface area (Å²) < 4.78 is 32.6. The average Bonchev–Trinajstić information content (AvgIpc) is 2.67. The monoisotopic (exact) mass is 390 g/mol. The molecule has 0 heterocycles. The SMILES string of the molecule is CCc1ccc(C(CNS(=O)(=O)c2cccc(C(=O)OC)c2)N(C)C)cc1. The predicted molar refractivity (Wildman–Crippen MR) is 105 cm³/mol. The van der Waals surface area contributed by atoms with Gasteiger partial charge in [-0.1, -0.05) is 37.3 Å². The molecule has 27 heavy (non-hydrogen) atoms. The fraction of sp³-hybridized carbons (Fsp3) is 0.350. The summed E-state index contributed by atoms with van der Waals surface area (Å²) in [6.07, 6.45) is 0.954. The Morgan fingerprint density at radius 1 is 1.15 bits per heavy atom. The molecule has 0 aliphatic carbocycles. The summed E-state index contributed by atoms with van der Waals surface area (Å²) >= 11 is 0. The van der Waals surface area contributed by atoms with Gasteiger partial charge in [-0.2, -0.15) is 0 Å². The number of likely N-dealkylation sites (N-methyl/N-ethyl adjacent to an activating group) is 1. The lowest BCUT2D eigenvalue weighted by atomic mass is 10.0. The average molecular weight is 391 g/mol. The number of aryl methyl sites for hydroxylation is 1. The summed E-state index contributed by atoms with van der Waals surface area (Å²) in [5.74, 6) is -0.575. The van der Waals surface area contributed by atoms with E-state index in [-0.39, 0.29) is 23.0 Å². The van der Waals surface area contributed by atoms with Crippen molar-refractivity contribution in [1.82, 2.24) is 9.62 Å². The Morgan fingerprint density at radius 3 is 2.37 bits per heavy atom. The Hall–Kier alpha value is -2.22. The van der Waals surface area contributed by atoms with Crippen LogP contribution in [0.1, 0.15) is 34.5 Å². The smallest absolute Gasteiger partial charge is 0.337 e. The minimum atomic E-state index is -3.76. The molecule has 2 rings (SSSR count). The van der Waals surface area contributed by atoms with Crippen LogP contribution in [0.5, 0.6) is 0 Å². The highest BCUT2D eigenvalue weighted by atomic mass is 32.2. The first-order valence-electron chi connectivity index (χ1n) is 8.71. The highest BCUT2D eigenvalue weighted by Crippen LogP contribution is 2.20. The van der Waals surface area contributed by atoms with E-state index in [9.17, 15) is 13.2 Å². The quantitative estimate of drug-likeness (QED) is 0.701. The maximum atomic E-state index is 12.7. The van der Waals surface area contributed by atoms with Crippen molar-refractivity contribution >= 4 is 16.0 Å². The number of benzene rings is 2. The van der Waals surface area contributed by atoms with Crippen LogP contribution in [0.25, 0.3) is 0 Å². The van der Waals surface area contributed by atoms with E-state index in [0.29, 0.717) is 0 Å². The molecule has 0 fully saturated rings. The zero-order chi connectivity index (χ0) is 20.0. The highest BCUT2D eigenvalue weighted by Gasteiger charge is 2.21. The topological polar surface area (TPSA) is 75.7 Å². The minimum absolute atomic E-state index is 0.0317. The first-order chi connectivity index (χ1) is 12.8. The maximum Gasteiger partial charge on any atom is 0.337 e. The van der Waals surface area contributed by atoms with E-state index in [1.54, 1.807) is 0 Å². The normalized spacial score (nSPS) is 12.8. The molecule has 0 aliphatic heterocycles. The summed E-state index contributed by atoms with van der Waals surface area (Å²) in [5, 5.41) is 0. The molecule has 0 bridgehead atoms. The molecule has 1 atom stereocenters. The van der Waals surface area contributed by atoms with Gasteiger partial charge in [0.15, 0.2) is 0 Å². The lowest BCUT2D eigenvalue weighted by Gasteiger charge is -2.25. The fourth-order valence-electron chi connectivity index (χ4n) is 2.75. The van der Waals surface area contributed by atoms with Crippen molar-refractivity contribution in [2.45, 2.75) is 24.3 Å². The molecule has 146 valence electrons. The molecule has 0 aliphatic rings. The van der Waals surface area contributed by atoms with E-state index in [1.165, 1.54) is 36.9 Å². The maximum absolute atomic E-state index is 12.7. The number of carbonyl (C=O) groups is 1. The van der Waals surface area contributed by atoms with Crippen molar-refractivity contribution in [1.29, 1.82) is 0 Å². The number of methoxy groups -OCH3 is 1. The molecule has 0 aromatic heterocycles. The highest BCUT2D eigenvalue weighted by molar-refractivity contribution is 7.89. The minimum Gasteiger partial charge on any atom is -0.465 e. The third-order valence-corrected chi connectivity index (χ3v) is 5.85. The van der Waals surface area contributed by atoms with E-state index in [2.05, 4.69) is 28.5 Å². The van der Waals surface area contributed by atoms with Crippen molar-refractivity contribution < 1.29 is 17.9 Å². The van der Waals surface area contributed by atoms with E-state index >= 15 is 0 Å². The summed E-state index contributed by atoms with van der Waals surface area (Å²) in [4.78, 5) is 13.6.